The van der Waals surface area contributed by atoms with Crippen LogP contribution in [0.15, 0.2) is 0 Å². The van der Waals surface area contributed by atoms with Crippen molar-refractivity contribution >= 4 is 28.4 Å². The van der Waals surface area contributed by atoms with Crippen LogP contribution in [0, 0.1) is 5.92 Å². The first-order chi connectivity index (χ1) is 5.74. The predicted molar refractivity (Wildman–Crippen MR) is 58.6 cm³/mol. The van der Waals surface area contributed by atoms with Crippen LogP contribution in [0.25, 0.3) is 0 Å². The van der Waals surface area contributed by atoms with Crippen molar-refractivity contribution in [3.05, 3.63) is 0 Å². The lowest BCUT2D eigenvalue weighted by molar-refractivity contribution is 0.0994. The summed E-state index contributed by atoms with van der Waals surface area (Å²) < 4.78 is 6.35. The second-order valence-electron chi connectivity index (χ2n) is 3.37. The van der Waals surface area contributed by atoms with Gasteiger partial charge in [-0.25, -0.2) is 0 Å². The third-order valence-electron chi connectivity index (χ3n) is 2.45. The Labute approximate surface area is 84.2 Å². The van der Waals surface area contributed by atoms with Gasteiger partial charge in [0.25, 0.3) is 0 Å². The highest BCUT2D eigenvalue weighted by atomic mass is 32.2. The second-order valence-corrected chi connectivity index (χ2v) is 4.78. The Balaban J connectivity index is 2.33. The van der Waals surface area contributed by atoms with Crippen LogP contribution in [0.4, 0.5) is 0 Å². The van der Waals surface area contributed by atoms with E-state index in [1.165, 1.54) is 37.4 Å². The Morgan fingerprint density at radius 2 is 2.08 bits per heavy atom. The summed E-state index contributed by atoms with van der Waals surface area (Å²) in [6.45, 7) is 2.26. The van der Waals surface area contributed by atoms with E-state index >= 15 is 0 Å². The zero-order chi connectivity index (χ0) is 8.97. The number of rotatable bonds is 1. The molecule has 70 valence electrons. The van der Waals surface area contributed by atoms with Crippen LogP contribution in [-0.2, 0) is 4.74 Å². The maximum absolute atomic E-state index is 5.65. The van der Waals surface area contributed by atoms with E-state index in [2.05, 4.69) is 6.92 Å². The topological polar surface area (TPSA) is 9.23 Å². The molecule has 0 heterocycles. The molecule has 0 aromatic carbocycles. The number of thioether (sulfide) groups is 1. The van der Waals surface area contributed by atoms with E-state index in [1.54, 1.807) is 0 Å². The van der Waals surface area contributed by atoms with Crippen molar-refractivity contribution in [3.8, 4) is 0 Å². The van der Waals surface area contributed by atoms with Crippen LogP contribution >= 0.6 is 24.0 Å². The highest BCUT2D eigenvalue weighted by molar-refractivity contribution is 8.22. The lowest BCUT2D eigenvalue weighted by Crippen LogP contribution is -2.26. The van der Waals surface area contributed by atoms with E-state index in [0.29, 0.717) is 16.4 Å². The molecule has 12 heavy (non-hydrogen) atoms. The zero-order valence-electron chi connectivity index (χ0n) is 7.71. The minimum atomic E-state index is 0.388. The van der Waals surface area contributed by atoms with Gasteiger partial charge in [0.1, 0.15) is 6.10 Å². The molecular weight excluding hydrogens is 188 g/mol. The van der Waals surface area contributed by atoms with E-state index in [1.807, 2.05) is 6.26 Å². The molecule has 0 saturated heterocycles. The first-order valence-corrected chi connectivity index (χ1v) is 6.12. The van der Waals surface area contributed by atoms with Crippen molar-refractivity contribution in [2.45, 2.75) is 38.7 Å². The third kappa shape index (κ3) is 2.94. The maximum atomic E-state index is 5.65. The van der Waals surface area contributed by atoms with Gasteiger partial charge in [0.2, 0.25) is 4.38 Å². The lowest BCUT2D eigenvalue weighted by Gasteiger charge is -2.28. The van der Waals surface area contributed by atoms with Gasteiger partial charge < -0.3 is 4.74 Å². The largest absolute Gasteiger partial charge is 0.475 e. The van der Waals surface area contributed by atoms with Crippen molar-refractivity contribution < 1.29 is 4.74 Å². The van der Waals surface area contributed by atoms with Crippen LogP contribution in [0.5, 0.6) is 0 Å². The normalized spacial score (nSPS) is 29.8. The second kappa shape index (κ2) is 5.07. The van der Waals surface area contributed by atoms with E-state index in [4.69, 9.17) is 17.0 Å². The fraction of sp³-hybridized carbons (Fsp3) is 0.889. The molecule has 0 aromatic heterocycles. The third-order valence-corrected chi connectivity index (χ3v) is 3.47. The summed E-state index contributed by atoms with van der Waals surface area (Å²) in [5.74, 6) is 0.684. The quantitative estimate of drug-likeness (QED) is 0.607. The molecule has 0 N–H and O–H groups in total. The SMILES string of the molecule is CSC(=S)OC1CCCCC1C. The smallest absolute Gasteiger partial charge is 0.219 e. The Morgan fingerprint density at radius 3 is 2.67 bits per heavy atom. The van der Waals surface area contributed by atoms with Gasteiger partial charge in [-0.05, 0) is 43.7 Å². The number of ether oxygens (including phenoxy) is 1. The van der Waals surface area contributed by atoms with Crippen molar-refractivity contribution in [1.82, 2.24) is 0 Å². The van der Waals surface area contributed by atoms with Crippen LogP contribution < -0.4 is 0 Å². The Kier molecular flexibility index (Phi) is 4.36. The van der Waals surface area contributed by atoms with E-state index in [-0.39, 0.29) is 0 Å². The summed E-state index contributed by atoms with van der Waals surface area (Å²) in [7, 11) is 0. The van der Waals surface area contributed by atoms with Gasteiger partial charge in [0.15, 0.2) is 0 Å². The van der Waals surface area contributed by atoms with Gasteiger partial charge in [0.05, 0.1) is 0 Å². The molecule has 1 rings (SSSR count). The Morgan fingerprint density at radius 1 is 1.42 bits per heavy atom. The molecule has 0 radical (unpaired) electrons. The summed E-state index contributed by atoms with van der Waals surface area (Å²) >= 11 is 6.56. The van der Waals surface area contributed by atoms with Gasteiger partial charge in [-0.15, -0.1) is 0 Å². The van der Waals surface area contributed by atoms with E-state index < -0.39 is 0 Å². The van der Waals surface area contributed by atoms with E-state index in [9.17, 15) is 0 Å². The van der Waals surface area contributed by atoms with Crippen molar-refractivity contribution in [3.63, 3.8) is 0 Å². The molecule has 0 aliphatic heterocycles. The monoisotopic (exact) mass is 204 g/mol. The summed E-state index contributed by atoms with van der Waals surface area (Å²) in [5, 5.41) is 0. The molecule has 2 atom stereocenters. The van der Waals surface area contributed by atoms with Crippen LogP contribution in [-0.4, -0.2) is 16.7 Å². The molecule has 0 bridgehead atoms. The van der Waals surface area contributed by atoms with Gasteiger partial charge in [0, 0.05) is 0 Å². The summed E-state index contributed by atoms with van der Waals surface area (Å²) in [6.07, 6.45) is 7.48. The van der Waals surface area contributed by atoms with Gasteiger partial charge in [-0.1, -0.05) is 25.1 Å². The average Bonchev–Trinajstić information content (AvgIpc) is 2.09. The summed E-state index contributed by atoms with van der Waals surface area (Å²) in [5.41, 5.74) is 0. The van der Waals surface area contributed by atoms with Gasteiger partial charge in [-0.2, -0.15) is 0 Å². The number of hydrogen-bond donors (Lipinski definition) is 0. The molecule has 1 fully saturated rings. The zero-order valence-corrected chi connectivity index (χ0v) is 9.34. The molecule has 1 nitrogen and oxygen atoms in total. The van der Waals surface area contributed by atoms with Crippen molar-refractivity contribution in [2.24, 2.45) is 5.92 Å². The molecule has 0 amide bonds. The first-order valence-electron chi connectivity index (χ1n) is 4.48. The highest BCUT2D eigenvalue weighted by Gasteiger charge is 2.23. The fourth-order valence-corrected chi connectivity index (χ4v) is 1.97. The molecule has 1 aliphatic rings. The van der Waals surface area contributed by atoms with Crippen LogP contribution in [0.2, 0.25) is 0 Å². The molecule has 0 aromatic rings. The van der Waals surface area contributed by atoms with Gasteiger partial charge in [-0.3, -0.25) is 0 Å². The molecule has 3 heteroatoms. The summed E-state index contributed by atoms with van der Waals surface area (Å²) in [4.78, 5) is 0. The molecule has 0 spiro atoms. The Hall–Kier alpha value is 0.240. The minimum Gasteiger partial charge on any atom is -0.475 e. The first kappa shape index (κ1) is 10.3. The van der Waals surface area contributed by atoms with Crippen LogP contribution in [0.3, 0.4) is 0 Å². The predicted octanol–water partition coefficient (Wildman–Crippen LogP) is 3.23. The molecule has 1 saturated carbocycles. The fourth-order valence-electron chi connectivity index (χ4n) is 1.63. The van der Waals surface area contributed by atoms with Crippen molar-refractivity contribution in [1.29, 1.82) is 0 Å². The molecule has 1 aliphatic carbocycles. The average molecular weight is 204 g/mol. The van der Waals surface area contributed by atoms with Crippen molar-refractivity contribution in [2.75, 3.05) is 6.26 Å². The highest BCUT2D eigenvalue weighted by Crippen LogP contribution is 2.27. The van der Waals surface area contributed by atoms with Crippen LogP contribution in [0.1, 0.15) is 32.6 Å². The Bertz CT molecular complexity index is 159. The maximum Gasteiger partial charge on any atom is 0.219 e. The molecular formula is C9H16OS2. The van der Waals surface area contributed by atoms with Gasteiger partial charge >= 0.3 is 0 Å². The summed E-state index contributed by atoms with van der Waals surface area (Å²) in [6, 6.07) is 0. The molecule has 2 unspecified atom stereocenters. The minimum absolute atomic E-state index is 0.388. The van der Waals surface area contributed by atoms with E-state index in [0.717, 1.165) is 0 Å². The lowest BCUT2D eigenvalue weighted by atomic mass is 9.88. The number of hydrogen-bond acceptors (Lipinski definition) is 3. The standard InChI is InChI=1S/C9H16OS2/c1-7-5-3-4-6-8(7)10-9(11)12-2/h7-8H,3-6H2,1-2H3. The number of thiocarbonyl (C=S) groups is 1.